The van der Waals surface area contributed by atoms with E-state index in [0.29, 0.717) is 10.8 Å². The van der Waals surface area contributed by atoms with Crippen LogP contribution in [0.25, 0.3) is 0 Å². The largest absolute Gasteiger partial charge is 0.458 e. The Morgan fingerprint density at radius 1 is 1.06 bits per heavy atom. The number of nitrogens with zero attached hydrogens (tertiary/aromatic N) is 2. The maximum absolute atomic E-state index is 12.3. The summed E-state index contributed by atoms with van der Waals surface area (Å²) in [7, 11) is 0. The minimum atomic E-state index is -0.557. The number of hydrogen-bond donors (Lipinski definition) is 1. The molecule has 0 aliphatic heterocycles. The number of thiazole rings is 1. The molecule has 0 aliphatic rings. The van der Waals surface area contributed by atoms with Gasteiger partial charge in [-0.15, -0.1) is 11.3 Å². The third kappa shape index (κ3) is 6.24. The second kappa shape index (κ2) is 10.7. The SMILES string of the molecule is CC(=O)N(c1ccc(C)c(C)c1)c1nc(COC(=O)CNC(=O)Cc2ccccc2)cs1. The average Bonchev–Trinajstić information content (AvgIpc) is 3.22. The molecule has 0 aliphatic carbocycles. The fourth-order valence-corrected chi connectivity index (χ4v) is 3.85. The highest BCUT2D eigenvalue weighted by atomic mass is 32.1. The van der Waals surface area contributed by atoms with Crippen LogP contribution in [-0.2, 0) is 32.1 Å². The molecule has 0 spiro atoms. The molecule has 2 aromatic carbocycles. The maximum Gasteiger partial charge on any atom is 0.325 e. The maximum atomic E-state index is 12.3. The van der Waals surface area contributed by atoms with Crippen molar-refractivity contribution in [2.24, 2.45) is 0 Å². The van der Waals surface area contributed by atoms with Gasteiger partial charge in [-0.1, -0.05) is 36.4 Å². The second-order valence-electron chi connectivity index (χ2n) is 7.34. The summed E-state index contributed by atoms with van der Waals surface area (Å²) in [6.07, 6.45) is 0.197. The lowest BCUT2D eigenvalue weighted by atomic mass is 10.1. The molecule has 0 fully saturated rings. The van der Waals surface area contributed by atoms with Crippen LogP contribution < -0.4 is 10.2 Å². The number of rotatable bonds is 8. The van der Waals surface area contributed by atoms with Gasteiger partial charge in [0, 0.05) is 12.3 Å². The van der Waals surface area contributed by atoms with E-state index in [1.165, 1.54) is 23.2 Å². The van der Waals surface area contributed by atoms with Crippen molar-refractivity contribution < 1.29 is 19.1 Å². The van der Waals surface area contributed by atoms with Gasteiger partial charge in [-0.2, -0.15) is 0 Å². The van der Waals surface area contributed by atoms with E-state index >= 15 is 0 Å². The number of anilines is 2. The number of esters is 1. The van der Waals surface area contributed by atoms with Gasteiger partial charge in [-0.05, 0) is 42.7 Å². The Hall–Kier alpha value is -3.52. The molecule has 166 valence electrons. The molecule has 0 bridgehead atoms. The van der Waals surface area contributed by atoms with Crippen molar-refractivity contribution in [2.45, 2.75) is 33.8 Å². The number of carbonyl (C=O) groups is 3. The predicted octanol–water partition coefficient (Wildman–Crippen LogP) is 3.85. The summed E-state index contributed by atoms with van der Waals surface area (Å²) >= 11 is 1.29. The summed E-state index contributed by atoms with van der Waals surface area (Å²) in [6, 6.07) is 15.1. The van der Waals surface area contributed by atoms with Crippen LogP contribution in [0.1, 0.15) is 29.3 Å². The Balaban J connectivity index is 1.53. The molecule has 3 rings (SSSR count). The van der Waals surface area contributed by atoms with Crippen molar-refractivity contribution >= 4 is 39.9 Å². The molecule has 0 saturated carbocycles. The first-order valence-electron chi connectivity index (χ1n) is 10.1. The van der Waals surface area contributed by atoms with E-state index in [4.69, 9.17) is 4.74 Å². The van der Waals surface area contributed by atoms with Gasteiger partial charge in [-0.25, -0.2) is 4.98 Å². The number of carbonyl (C=O) groups excluding carboxylic acids is 3. The minimum absolute atomic E-state index is 0.0391. The van der Waals surface area contributed by atoms with Gasteiger partial charge in [0.2, 0.25) is 11.8 Å². The molecular formula is C24H25N3O4S. The molecule has 8 heteroatoms. The van der Waals surface area contributed by atoms with Gasteiger partial charge in [0.05, 0.1) is 17.8 Å². The van der Waals surface area contributed by atoms with Gasteiger partial charge in [-0.3, -0.25) is 19.3 Å². The van der Waals surface area contributed by atoms with E-state index in [1.54, 1.807) is 5.38 Å². The van der Waals surface area contributed by atoms with Crippen LogP contribution in [0.4, 0.5) is 10.8 Å². The first-order valence-corrected chi connectivity index (χ1v) is 11.0. The lowest BCUT2D eigenvalue weighted by Gasteiger charge is -2.19. The summed E-state index contributed by atoms with van der Waals surface area (Å²) in [5, 5.41) is 4.80. The molecule has 7 nitrogen and oxygen atoms in total. The van der Waals surface area contributed by atoms with E-state index in [9.17, 15) is 14.4 Å². The summed E-state index contributed by atoms with van der Waals surface area (Å²) in [4.78, 5) is 42.2. The number of amides is 2. The first kappa shape index (κ1) is 23.1. The first-order chi connectivity index (χ1) is 15.3. The summed E-state index contributed by atoms with van der Waals surface area (Å²) in [6.45, 7) is 5.22. The lowest BCUT2D eigenvalue weighted by molar-refractivity contribution is -0.145. The zero-order chi connectivity index (χ0) is 23.1. The van der Waals surface area contributed by atoms with Gasteiger partial charge >= 0.3 is 5.97 Å². The third-order valence-corrected chi connectivity index (χ3v) is 5.69. The van der Waals surface area contributed by atoms with Gasteiger partial charge in [0.25, 0.3) is 0 Å². The molecule has 1 aromatic heterocycles. The molecule has 1 heterocycles. The van der Waals surface area contributed by atoms with Gasteiger partial charge in [0.15, 0.2) is 5.13 Å². The standard InChI is InChI=1S/C24H25N3O4S/c1-16-9-10-21(11-17(16)2)27(18(3)28)24-26-20(15-32-24)14-31-23(30)13-25-22(29)12-19-7-5-4-6-8-19/h4-11,15H,12-14H2,1-3H3,(H,25,29). The Bertz CT molecular complexity index is 1110. The van der Waals surface area contributed by atoms with Crippen LogP contribution >= 0.6 is 11.3 Å². The van der Waals surface area contributed by atoms with E-state index in [2.05, 4.69) is 10.3 Å². The van der Waals surface area contributed by atoms with Crippen LogP contribution in [-0.4, -0.2) is 29.3 Å². The van der Waals surface area contributed by atoms with Crippen LogP contribution in [0.3, 0.4) is 0 Å². The van der Waals surface area contributed by atoms with E-state index in [0.717, 1.165) is 22.4 Å². The van der Waals surface area contributed by atoms with Crippen molar-refractivity contribution in [1.29, 1.82) is 0 Å². The Kier molecular flexibility index (Phi) is 7.72. The summed E-state index contributed by atoms with van der Waals surface area (Å²) in [5.74, 6) is -0.972. The monoisotopic (exact) mass is 451 g/mol. The highest BCUT2D eigenvalue weighted by molar-refractivity contribution is 7.14. The molecule has 3 aromatic rings. The Labute approximate surface area is 191 Å². The van der Waals surface area contributed by atoms with E-state index in [-0.39, 0.29) is 31.4 Å². The predicted molar refractivity (Wildman–Crippen MR) is 124 cm³/mol. The number of nitrogens with one attached hydrogen (secondary N) is 1. The summed E-state index contributed by atoms with van der Waals surface area (Å²) < 4.78 is 5.21. The summed E-state index contributed by atoms with van der Waals surface area (Å²) in [5.41, 5.74) is 4.35. The molecular weight excluding hydrogens is 426 g/mol. The normalized spacial score (nSPS) is 10.5. The van der Waals surface area contributed by atoms with Crippen molar-refractivity contribution in [2.75, 3.05) is 11.4 Å². The Morgan fingerprint density at radius 3 is 2.50 bits per heavy atom. The second-order valence-corrected chi connectivity index (χ2v) is 8.18. The van der Waals surface area contributed by atoms with Crippen molar-refractivity contribution in [3.63, 3.8) is 0 Å². The van der Waals surface area contributed by atoms with Crippen LogP contribution in [0, 0.1) is 13.8 Å². The molecule has 0 radical (unpaired) electrons. The van der Waals surface area contributed by atoms with E-state index in [1.807, 2.05) is 62.4 Å². The third-order valence-electron chi connectivity index (χ3n) is 4.81. The molecule has 2 amide bonds. The van der Waals surface area contributed by atoms with Crippen LogP contribution in [0.5, 0.6) is 0 Å². The number of aromatic nitrogens is 1. The zero-order valence-electron chi connectivity index (χ0n) is 18.3. The fourth-order valence-electron chi connectivity index (χ4n) is 2.98. The van der Waals surface area contributed by atoms with Crippen molar-refractivity contribution in [3.05, 3.63) is 76.3 Å². The molecule has 0 unspecified atom stereocenters. The number of benzene rings is 2. The molecule has 0 saturated heterocycles. The molecule has 32 heavy (non-hydrogen) atoms. The molecule has 1 N–H and O–H groups in total. The highest BCUT2D eigenvalue weighted by Gasteiger charge is 2.19. The average molecular weight is 452 g/mol. The fraction of sp³-hybridized carbons (Fsp3) is 0.250. The van der Waals surface area contributed by atoms with Crippen LogP contribution in [0.15, 0.2) is 53.9 Å². The van der Waals surface area contributed by atoms with E-state index < -0.39 is 5.97 Å². The number of hydrogen-bond acceptors (Lipinski definition) is 6. The zero-order valence-corrected chi connectivity index (χ0v) is 19.1. The minimum Gasteiger partial charge on any atom is -0.458 e. The smallest absolute Gasteiger partial charge is 0.325 e. The van der Waals surface area contributed by atoms with Crippen LogP contribution in [0.2, 0.25) is 0 Å². The number of aryl methyl sites for hydroxylation is 2. The highest BCUT2D eigenvalue weighted by Crippen LogP contribution is 2.30. The lowest BCUT2D eigenvalue weighted by Crippen LogP contribution is -2.31. The quantitative estimate of drug-likeness (QED) is 0.526. The molecule has 0 atom stereocenters. The van der Waals surface area contributed by atoms with Crippen molar-refractivity contribution in [3.8, 4) is 0 Å². The Morgan fingerprint density at radius 2 is 1.81 bits per heavy atom. The number of ether oxygens (including phenoxy) is 1. The topological polar surface area (TPSA) is 88.6 Å². The van der Waals surface area contributed by atoms with Crippen molar-refractivity contribution in [1.82, 2.24) is 10.3 Å². The van der Waals surface area contributed by atoms with Gasteiger partial charge in [0.1, 0.15) is 13.2 Å². The van der Waals surface area contributed by atoms with Gasteiger partial charge < -0.3 is 10.1 Å².